The van der Waals surface area contributed by atoms with Crippen LogP contribution in [0.3, 0.4) is 0 Å². The molecule has 0 saturated carbocycles. The maximum atomic E-state index is 11.0. The molecule has 0 saturated heterocycles. The summed E-state index contributed by atoms with van der Waals surface area (Å²) in [5, 5.41) is 14.1. The van der Waals surface area contributed by atoms with Crippen molar-refractivity contribution >= 4 is 11.4 Å². The molecule has 0 amide bonds. The molecule has 0 aliphatic carbocycles. The van der Waals surface area contributed by atoms with E-state index in [9.17, 15) is 10.1 Å². The van der Waals surface area contributed by atoms with Crippen LogP contribution in [0.5, 0.6) is 0 Å². The van der Waals surface area contributed by atoms with Crippen LogP contribution >= 0.6 is 0 Å². The van der Waals surface area contributed by atoms with Crippen molar-refractivity contribution in [1.29, 1.82) is 0 Å². The minimum atomic E-state index is -0.398. The van der Waals surface area contributed by atoms with E-state index < -0.39 is 4.92 Å². The molecule has 1 atom stereocenters. The zero-order chi connectivity index (χ0) is 13.8. The highest BCUT2D eigenvalue weighted by Crippen LogP contribution is 2.28. The molecule has 2 rings (SSSR count). The molecule has 1 aromatic heterocycles. The number of aryl methyl sites for hydroxylation is 1. The Labute approximate surface area is 110 Å². The average Bonchev–Trinajstić information content (AvgIpc) is 2.39. The van der Waals surface area contributed by atoms with Gasteiger partial charge < -0.3 is 5.32 Å². The molecule has 0 aliphatic heterocycles. The van der Waals surface area contributed by atoms with Crippen LogP contribution in [0.25, 0.3) is 0 Å². The molecule has 1 unspecified atom stereocenters. The predicted molar refractivity (Wildman–Crippen MR) is 71.9 cm³/mol. The molecule has 6 heteroatoms. The van der Waals surface area contributed by atoms with E-state index in [0.717, 1.165) is 11.3 Å². The summed E-state index contributed by atoms with van der Waals surface area (Å²) in [6, 6.07) is 4.82. The number of anilines is 1. The Balaban J connectivity index is 2.28. The molecule has 0 fully saturated rings. The maximum absolute atomic E-state index is 11.0. The minimum absolute atomic E-state index is 0.0568. The van der Waals surface area contributed by atoms with Gasteiger partial charge in [0.2, 0.25) is 0 Å². The van der Waals surface area contributed by atoms with E-state index in [1.807, 2.05) is 13.8 Å². The van der Waals surface area contributed by atoms with E-state index in [1.165, 1.54) is 6.07 Å². The van der Waals surface area contributed by atoms with Gasteiger partial charge in [0.15, 0.2) is 0 Å². The van der Waals surface area contributed by atoms with Gasteiger partial charge in [-0.15, -0.1) is 0 Å². The largest absolute Gasteiger partial charge is 0.371 e. The predicted octanol–water partition coefficient (Wildman–Crippen LogP) is 2.87. The summed E-state index contributed by atoms with van der Waals surface area (Å²) in [7, 11) is 0. The first kappa shape index (κ1) is 12.9. The Morgan fingerprint density at radius 1 is 1.37 bits per heavy atom. The summed E-state index contributed by atoms with van der Waals surface area (Å²) in [4.78, 5) is 18.8. The van der Waals surface area contributed by atoms with Crippen molar-refractivity contribution in [3.8, 4) is 0 Å². The summed E-state index contributed by atoms with van der Waals surface area (Å²) in [5.41, 5.74) is 2.24. The van der Waals surface area contributed by atoms with Crippen molar-refractivity contribution in [1.82, 2.24) is 9.97 Å². The Morgan fingerprint density at radius 3 is 2.79 bits per heavy atom. The van der Waals surface area contributed by atoms with Crippen molar-refractivity contribution in [3.05, 3.63) is 58.2 Å². The number of benzene rings is 1. The van der Waals surface area contributed by atoms with E-state index in [-0.39, 0.29) is 11.7 Å². The van der Waals surface area contributed by atoms with Gasteiger partial charge in [0.1, 0.15) is 5.69 Å². The second-order valence-electron chi connectivity index (χ2n) is 4.27. The molecule has 1 aromatic carbocycles. The molecule has 0 aliphatic rings. The summed E-state index contributed by atoms with van der Waals surface area (Å²) < 4.78 is 0. The fourth-order valence-corrected chi connectivity index (χ4v) is 1.77. The Kier molecular flexibility index (Phi) is 3.70. The second-order valence-corrected chi connectivity index (χ2v) is 4.27. The molecule has 1 heterocycles. The third kappa shape index (κ3) is 3.04. The van der Waals surface area contributed by atoms with Gasteiger partial charge in [-0.3, -0.25) is 20.1 Å². The maximum Gasteiger partial charge on any atom is 0.292 e. The molecule has 6 nitrogen and oxygen atoms in total. The Hall–Kier alpha value is -2.50. The van der Waals surface area contributed by atoms with E-state index in [4.69, 9.17) is 0 Å². The summed E-state index contributed by atoms with van der Waals surface area (Å²) >= 11 is 0. The minimum Gasteiger partial charge on any atom is -0.371 e. The highest BCUT2D eigenvalue weighted by atomic mass is 16.6. The molecular weight excluding hydrogens is 244 g/mol. The summed E-state index contributed by atoms with van der Waals surface area (Å²) in [6.07, 6.45) is 4.82. The van der Waals surface area contributed by atoms with Gasteiger partial charge in [0.25, 0.3) is 5.69 Å². The SMILES string of the molecule is Cc1ccc([N+](=O)[O-])c(NC(C)c2cnccn2)c1. The smallest absolute Gasteiger partial charge is 0.292 e. The van der Waals surface area contributed by atoms with Crippen molar-refractivity contribution in [2.24, 2.45) is 0 Å². The Bertz CT molecular complexity index is 586. The number of nitrogens with one attached hydrogen (secondary N) is 1. The van der Waals surface area contributed by atoms with Crippen LogP contribution in [-0.2, 0) is 0 Å². The highest BCUT2D eigenvalue weighted by Gasteiger charge is 2.16. The van der Waals surface area contributed by atoms with Crippen LogP contribution in [0, 0.1) is 17.0 Å². The number of hydrogen-bond acceptors (Lipinski definition) is 5. The van der Waals surface area contributed by atoms with Crippen molar-refractivity contribution in [3.63, 3.8) is 0 Å². The van der Waals surface area contributed by atoms with Crippen LogP contribution in [-0.4, -0.2) is 14.9 Å². The molecule has 1 N–H and O–H groups in total. The lowest BCUT2D eigenvalue weighted by atomic mass is 10.1. The third-order valence-electron chi connectivity index (χ3n) is 2.75. The number of nitro benzene ring substituents is 1. The van der Waals surface area contributed by atoms with Gasteiger partial charge in [0, 0.05) is 18.5 Å². The molecule has 0 bridgehead atoms. The van der Waals surface area contributed by atoms with Crippen molar-refractivity contribution in [2.45, 2.75) is 19.9 Å². The second kappa shape index (κ2) is 5.43. The zero-order valence-corrected chi connectivity index (χ0v) is 10.7. The van der Waals surface area contributed by atoms with Crippen LogP contribution in [0.2, 0.25) is 0 Å². The number of nitro groups is 1. The fourth-order valence-electron chi connectivity index (χ4n) is 1.77. The first-order valence-electron chi connectivity index (χ1n) is 5.85. The first-order chi connectivity index (χ1) is 9.08. The third-order valence-corrected chi connectivity index (χ3v) is 2.75. The zero-order valence-electron chi connectivity index (χ0n) is 10.7. The highest BCUT2D eigenvalue weighted by molar-refractivity contribution is 5.63. The number of hydrogen-bond donors (Lipinski definition) is 1. The number of rotatable bonds is 4. The van der Waals surface area contributed by atoms with Crippen LogP contribution < -0.4 is 5.32 Å². The summed E-state index contributed by atoms with van der Waals surface area (Å²) in [6.45, 7) is 3.78. The number of nitrogens with zero attached hydrogens (tertiary/aromatic N) is 3. The first-order valence-corrected chi connectivity index (χ1v) is 5.85. The molecule has 0 radical (unpaired) electrons. The van der Waals surface area contributed by atoms with Crippen LogP contribution in [0.15, 0.2) is 36.8 Å². The van der Waals surface area contributed by atoms with E-state index in [0.29, 0.717) is 5.69 Å². The van der Waals surface area contributed by atoms with Crippen molar-refractivity contribution in [2.75, 3.05) is 5.32 Å². The molecule has 0 spiro atoms. The molecular formula is C13H14N4O2. The molecule has 98 valence electrons. The van der Waals surface area contributed by atoms with E-state index in [2.05, 4.69) is 15.3 Å². The van der Waals surface area contributed by atoms with Gasteiger partial charge in [-0.1, -0.05) is 6.07 Å². The number of aromatic nitrogens is 2. The van der Waals surface area contributed by atoms with E-state index in [1.54, 1.807) is 30.7 Å². The average molecular weight is 258 g/mol. The van der Waals surface area contributed by atoms with Crippen LogP contribution in [0.1, 0.15) is 24.2 Å². The van der Waals surface area contributed by atoms with Gasteiger partial charge in [-0.2, -0.15) is 0 Å². The van der Waals surface area contributed by atoms with Crippen LogP contribution in [0.4, 0.5) is 11.4 Å². The molecule has 2 aromatic rings. The van der Waals surface area contributed by atoms with Gasteiger partial charge in [0.05, 0.1) is 22.9 Å². The standard InChI is InChI=1S/C13H14N4O2/c1-9-3-4-13(17(18)19)11(7-9)16-10(2)12-8-14-5-6-15-12/h3-8,10,16H,1-2H3. The fraction of sp³-hybridized carbons (Fsp3) is 0.231. The summed E-state index contributed by atoms with van der Waals surface area (Å²) in [5.74, 6) is 0. The monoisotopic (exact) mass is 258 g/mol. The topological polar surface area (TPSA) is 81.0 Å². The normalized spacial score (nSPS) is 11.9. The quantitative estimate of drug-likeness (QED) is 0.673. The lowest BCUT2D eigenvalue weighted by molar-refractivity contribution is -0.384. The van der Waals surface area contributed by atoms with Gasteiger partial charge in [-0.25, -0.2) is 0 Å². The Morgan fingerprint density at radius 2 is 2.16 bits per heavy atom. The molecule has 19 heavy (non-hydrogen) atoms. The lowest BCUT2D eigenvalue weighted by Gasteiger charge is -2.14. The van der Waals surface area contributed by atoms with Gasteiger partial charge >= 0.3 is 0 Å². The van der Waals surface area contributed by atoms with Crippen molar-refractivity contribution < 1.29 is 4.92 Å². The van der Waals surface area contributed by atoms with Gasteiger partial charge in [-0.05, 0) is 25.5 Å². The van der Waals surface area contributed by atoms with E-state index >= 15 is 0 Å². The lowest BCUT2D eigenvalue weighted by Crippen LogP contribution is -2.10.